The van der Waals surface area contributed by atoms with Gasteiger partial charge < -0.3 is 10.0 Å². The molecule has 1 aromatic heterocycles. The van der Waals surface area contributed by atoms with Gasteiger partial charge in [-0.15, -0.1) is 0 Å². The number of aromatic hydroxyl groups is 1. The highest BCUT2D eigenvalue weighted by molar-refractivity contribution is 6.08. The summed E-state index contributed by atoms with van der Waals surface area (Å²) >= 11 is 0. The zero-order valence-electron chi connectivity index (χ0n) is 14.0. The van der Waals surface area contributed by atoms with E-state index < -0.39 is 28.5 Å². The second-order valence-electron chi connectivity index (χ2n) is 5.59. The predicted octanol–water partition coefficient (Wildman–Crippen LogP) is 0.752. The normalized spacial score (nSPS) is 11.0. The number of allylic oxidation sites excluding steroid dienone is 1. The third-order valence-corrected chi connectivity index (χ3v) is 3.72. The van der Waals surface area contributed by atoms with Crippen LogP contribution < -0.4 is 16.1 Å². The maximum absolute atomic E-state index is 12.3. The summed E-state index contributed by atoms with van der Waals surface area (Å²) in [5, 5.41) is 9.94. The van der Waals surface area contributed by atoms with Crippen molar-refractivity contribution < 1.29 is 9.90 Å². The minimum Gasteiger partial charge on any atom is -0.494 e. The maximum atomic E-state index is 12.3. The number of carbonyl (C=O) groups excluding carboxylic acids is 1. The molecule has 0 amide bonds. The number of aromatic nitrogens is 2. The molecule has 0 unspecified atom stereocenters. The second-order valence-corrected chi connectivity index (χ2v) is 5.59. The molecule has 1 aromatic carbocycles. The van der Waals surface area contributed by atoms with Crippen LogP contribution in [0, 0.1) is 0 Å². The molecule has 0 fully saturated rings. The Morgan fingerprint density at radius 1 is 1.08 bits per heavy atom. The Kier molecular flexibility index (Phi) is 4.73. The fourth-order valence-electron chi connectivity index (χ4n) is 2.19. The van der Waals surface area contributed by atoms with Crippen molar-refractivity contribution >= 4 is 17.5 Å². The van der Waals surface area contributed by atoms with Crippen LogP contribution in [0.2, 0.25) is 0 Å². The molecular weight excluding hydrogens is 310 g/mol. The van der Waals surface area contributed by atoms with Crippen LogP contribution in [0.4, 0.5) is 5.69 Å². The van der Waals surface area contributed by atoms with Gasteiger partial charge in [0.25, 0.3) is 5.56 Å². The van der Waals surface area contributed by atoms with Crippen LogP contribution >= 0.6 is 0 Å². The van der Waals surface area contributed by atoms with Crippen molar-refractivity contribution in [3.63, 3.8) is 0 Å². The third kappa shape index (κ3) is 3.15. The molecule has 0 aliphatic rings. The zero-order chi connectivity index (χ0) is 18.0. The number of nitrogens with zero attached hydrogens (tertiary/aromatic N) is 3. The molecule has 0 bridgehead atoms. The van der Waals surface area contributed by atoms with E-state index in [0.29, 0.717) is 0 Å². The Morgan fingerprint density at radius 3 is 2.21 bits per heavy atom. The van der Waals surface area contributed by atoms with E-state index in [1.54, 1.807) is 6.08 Å². The van der Waals surface area contributed by atoms with Gasteiger partial charge >= 0.3 is 5.69 Å². The summed E-state index contributed by atoms with van der Waals surface area (Å²) in [5.41, 5.74) is -0.163. The standard InChI is InChI=1S/C17H19N3O4/c1-18(2)12-8-5-11(6-9-12)7-10-13(21)14-15(22)19(3)17(24)20(4)16(14)23/h5-10,22H,1-4H3/b10-7+. The van der Waals surface area contributed by atoms with E-state index in [0.717, 1.165) is 20.4 Å². The fourth-order valence-corrected chi connectivity index (χ4v) is 2.19. The minimum atomic E-state index is -0.826. The molecule has 0 aliphatic carbocycles. The van der Waals surface area contributed by atoms with E-state index in [-0.39, 0.29) is 0 Å². The molecule has 7 nitrogen and oxygen atoms in total. The highest BCUT2D eigenvalue weighted by Crippen LogP contribution is 2.14. The van der Waals surface area contributed by atoms with E-state index in [9.17, 15) is 19.5 Å². The number of hydrogen-bond donors (Lipinski definition) is 1. The Morgan fingerprint density at radius 2 is 1.67 bits per heavy atom. The number of benzene rings is 1. The molecule has 2 rings (SSSR count). The van der Waals surface area contributed by atoms with Gasteiger partial charge in [0.05, 0.1) is 0 Å². The van der Waals surface area contributed by atoms with E-state index in [4.69, 9.17) is 0 Å². The molecule has 0 saturated heterocycles. The Balaban J connectivity index is 2.37. The lowest BCUT2D eigenvalue weighted by molar-refractivity contribution is 0.104. The number of carbonyl (C=O) groups is 1. The van der Waals surface area contributed by atoms with Gasteiger partial charge in [0.15, 0.2) is 5.78 Å². The van der Waals surface area contributed by atoms with Crippen molar-refractivity contribution in [2.75, 3.05) is 19.0 Å². The van der Waals surface area contributed by atoms with Crippen LogP contribution in [-0.2, 0) is 14.1 Å². The quantitative estimate of drug-likeness (QED) is 0.661. The smallest absolute Gasteiger partial charge is 0.333 e. The molecule has 0 spiro atoms. The molecule has 24 heavy (non-hydrogen) atoms. The summed E-state index contributed by atoms with van der Waals surface area (Å²) in [4.78, 5) is 38.0. The number of ketones is 1. The third-order valence-electron chi connectivity index (χ3n) is 3.72. The predicted molar refractivity (Wildman–Crippen MR) is 92.7 cm³/mol. The van der Waals surface area contributed by atoms with Crippen LogP contribution in [-0.4, -0.2) is 34.1 Å². The van der Waals surface area contributed by atoms with Crippen molar-refractivity contribution in [3.8, 4) is 5.88 Å². The highest BCUT2D eigenvalue weighted by Gasteiger charge is 2.19. The van der Waals surface area contributed by atoms with Crippen LogP contribution in [0.5, 0.6) is 5.88 Å². The van der Waals surface area contributed by atoms with Crippen molar-refractivity contribution in [2.45, 2.75) is 0 Å². The van der Waals surface area contributed by atoms with Gasteiger partial charge in [-0.25, -0.2) is 4.79 Å². The SMILES string of the molecule is CN(C)c1ccc(/C=C/C(=O)c2c(O)n(C)c(=O)n(C)c2=O)cc1. The van der Waals surface area contributed by atoms with Crippen molar-refractivity contribution in [2.24, 2.45) is 14.1 Å². The van der Waals surface area contributed by atoms with E-state index >= 15 is 0 Å². The lowest BCUT2D eigenvalue weighted by Crippen LogP contribution is -2.39. The Labute approximate surface area is 138 Å². The van der Waals surface area contributed by atoms with Gasteiger partial charge in [-0.2, -0.15) is 0 Å². The van der Waals surface area contributed by atoms with Crippen molar-refractivity contribution in [3.05, 3.63) is 62.3 Å². The first-order valence-electron chi connectivity index (χ1n) is 7.22. The molecule has 0 aliphatic heterocycles. The Hall–Kier alpha value is -3.09. The number of rotatable bonds is 4. The van der Waals surface area contributed by atoms with Gasteiger partial charge in [0, 0.05) is 33.9 Å². The lowest BCUT2D eigenvalue weighted by atomic mass is 10.1. The molecule has 126 valence electrons. The zero-order valence-corrected chi connectivity index (χ0v) is 14.0. The Bertz CT molecular complexity index is 919. The fraction of sp³-hybridized carbons (Fsp3) is 0.235. The van der Waals surface area contributed by atoms with Gasteiger partial charge in [0.2, 0.25) is 5.88 Å². The van der Waals surface area contributed by atoms with Crippen LogP contribution in [0.15, 0.2) is 39.9 Å². The average molecular weight is 329 g/mol. The van der Waals surface area contributed by atoms with E-state index in [1.165, 1.54) is 20.2 Å². The monoisotopic (exact) mass is 329 g/mol. The number of hydrogen-bond acceptors (Lipinski definition) is 5. The second kappa shape index (κ2) is 6.57. The van der Waals surface area contributed by atoms with Crippen LogP contribution in [0.1, 0.15) is 15.9 Å². The first-order valence-corrected chi connectivity index (χ1v) is 7.22. The van der Waals surface area contributed by atoms with Gasteiger partial charge in [-0.1, -0.05) is 18.2 Å². The van der Waals surface area contributed by atoms with Crippen molar-refractivity contribution in [1.29, 1.82) is 0 Å². The minimum absolute atomic E-state index is 0.430. The summed E-state index contributed by atoms with van der Waals surface area (Å²) in [6, 6.07) is 7.45. The molecule has 0 atom stereocenters. The highest BCUT2D eigenvalue weighted by atomic mass is 16.3. The summed E-state index contributed by atoms with van der Waals surface area (Å²) < 4.78 is 1.64. The summed E-state index contributed by atoms with van der Waals surface area (Å²) in [7, 11) is 6.39. The molecule has 1 N–H and O–H groups in total. The lowest BCUT2D eigenvalue weighted by Gasteiger charge is -2.11. The molecule has 2 aromatic rings. The largest absolute Gasteiger partial charge is 0.494 e. The summed E-state index contributed by atoms with van der Waals surface area (Å²) in [5.74, 6) is -1.30. The average Bonchev–Trinajstić information content (AvgIpc) is 2.57. The maximum Gasteiger partial charge on any atom is 0.333 e. The van der Waals surface area contributed by atoms with Crippen LogP contribution in [0.25, 0.3) is 6.08 Å². The van der Waals surface area contributed by atoms with Gasteiger partial charge in [0.1, 0.15) is 5.56 Å². The van der Waals surface area contributed by atoms with Gasteiger partial charge in [-0.3, -0.25) is 18.7 Å². The van der Waals surface area contributed by atoms with Crippen LogP contribution in [0.3, 0.4) is 0 Å². The van der Waals surface area contributed by atoms with E-state index in [2.05, 4.69) is 0 Å². The molecule has 1 heterocycles. The first kappa shape index (κ1) is 17.3. The number of anilines is 1. The van der Waals surface area contributed by atoms with E-state index in [1.807, 2.05) is 43.3 Å². The summed E-state index contributed by atoms with van der Waals surface area (Å²) in [6.45, 7) is 0. The molecular formula is C17H19N3O4. The summed E-state index contributed by atoms with van der Waals surface area (Å²) in [6.07, 6.45) is 2.75. The molecule has 0 radical (unpaired) electrons. The molecule has 7 heteroatoms. The topological polar surface area (TPSA) is 84.5 Å². The van der Waals surface area contributed by atoms with Gasteiger partial charge in [-0.05, 0) is 23.8 Å². The molecule has 0 saturated carbocycles. The van der Waals surface area contributed by atoms with Crippen molar-refractivity contribution in [1.82, 2.24) is 9.13 Å². The first-order chi connectivity index (χ1) is 11.2.